The van der Waals surface area contributed by atoms with Crippen LogP contribution in [0.1, 0.15) is 22.3 Å². The summed E-state index contributed by atoms with van der Waals surface area (Å²) in [6.45, 7) is 6.04. The van der Waals surface area contributed by atoms with Crippen molar-refractivity contribution in [2.24, 2.45) is 0 Å². The number of anilines is 1. The van der Waals surface area contributed by atoms with Crippen LogP contribution in [0.15, 0.2) is 42.5 Å². The van der Waals surface area contributed by atoms with Gasteiger partial charge in [-0.3, -0.25) is 9.10 Å². The monoisotopic (exact) mass is 420 g/mol. The first-order valence-corrected chi connectivity index (χ1v) is 12.1. The standard InChI is InChI=1S/C21H28N2O3S2/c1-16-8-10-19(11-9-16)15-27-13-12-22-20(24)14-23(28(4,25)26)21-17(2)6-5-7-18(21)3/h5-11H,12-15H2,1-4H3,(H,22,24). The van der Waals surface area contributed by atoms with Crippen LogP contribution in [0, 0.1) is 20.8 Å². The summed E-state index contributed by atoms with van der Waals surface area (Å²) in [7, 11) is -3.57. The molecule has 2 aromatic carbocycles. The lowest BCUT2D eigenvalue weighted by molar-refractivity contribution is -0.119. The van der Waals surface area contributed by atoms with Crippen LogP contribution < -0.4 is 9.62 Å². The molecule has 0 atom stereocenters. The smallest absolute Gasteiger partial charge is 0.240 e. The van der Waals surface area contributed by atoms with Crippen LogP contribution in [0.4, 0.5) is 5.69 Å². The van der Waals surface area contributed by atoms with Gasteiger partial charge in [-0.2, -0.15) is 11.8 Å². The number of rotatable bonds is 9. The van der Waals surface area contributed by atoms with Gasteiger partial charge in [0, 0.05) is 18.1 Å². The zero-order chi connectivity index (χ0) is 20.7. The molecule has 28 heavy (non-hydrogen) atoms. The molecule has 152 valence electrons. The van der Waals surface area contributed by atoms with E-state index in [2.05, 4.69) is 36.5 Å². The Kier molecular flexibility index (Phi) is 7.95. The molecule has 2 aromatic rings. The second kappa shape index (κ2) is 9.98. The maximum absolute atomic E-state index is 12.3. The second-order valence-corrected chi connectivity index (χ2v) is 9.91. The fourth-order valence-corrected chi connectivity index (χ4v) is 4.67. The summed E-state index contributed by atoms with van der Waals surface area (Å²) in [5.41, 5.74) is 4.72. The number of carbonyl (C=O) groups excluding carboxylic acids is 1. The topological polar surface area (TPSA) is 66.5 Å². The zero-order valence-corrected chi connectivity index (χ0v) is 18.5. The van der Waals surface area contributed by atoms with Gasteiger partial charge in [-0.15, -0.1) is 0 Å². The first-order chi connectivity index (χ1) is 13.2. The van der Waals surface area contributed by atoms with Crippen LogP contribution >= 0.6 is 11.8 Å². The van der Waals surface area contributed by atoms with Crippen molar-refractivity contribution in [2.75, 3.05) is 29.4 Å². The van der Waals surface area contributed by atoms with Crippen LogP contribution in [-0.4, -0.2) is 39.4 Å². The Morgan fingerprint density at radius 1 is 1.04 bits per heavy atom. The molecular weight excluding hydrogens is 392 g/mol. The Labute approximate surface area is 172 Å². The Hall–Kier alpha value is -1.99. The van der Waals surface area contributed by atoms with E-state index in [9.17, 15) is 13.2 Å². The van der Waals surface area contributed by atoms with Gasteiger partial charge < -0.3 is 5.32 Å². The number of amides is 1. The van der Waals surface area contributed by atoms with Crippen LogP contribution in [0.2, 0.25) is 0 Å². The van der Waals surface area contributed by atoms with Gasteiger partial charge >= 0.3 is 0 Å². The molecule has 2 rings (SSSR count). The van der Waals surface area contributed by atoms with Gasteiger partial charge in [-0.1, -0.05) is 48.0 Å². The van der Waals surface area contributed by atoms with Crippen molar-refractivity contribution in [3.8, 4) is 0 Å². The molecule has 0 saturated carbocycles. The van der Waals surface area contributed by atoms with Crippen molar-refractivity contribution in [2.45, 2.75) is 26.5 Å². The fourth-order valence-electron chi connectivity index (χ4n) is 2.88. The number of hydrogen-bond acceptors (Lipinski definition) is 4. The molecule has 0 saturated heterocycles. The predicted molar refractivity (Wildman–Crippen MR) is 118 cm³/mol. The third-order valence-electron chi connectivity index (χ3n) is 4.33. The molecule has 0 aliphatic rings. The van der Waals surface area contributed by atoms with Gasteiger partial charge in [0.05, 0.1) is 11.9 Å². The molecular formula is C21H28N2O3S2. The summed E-state index contributed by atoms with van der Waals surface area (Å²) in [5, 5.41) is 2.82. The molecule has 0 fully saturated rings. The van der Waals surface area contributed by atoms with Crippen molar-refractivity contribution < 1.29 is 13.2 Å². The van der Waals surface area contributed by atoms with Gasteiger partial charge in [-0.05, 0) is 37.5 Å². The van der Waals surface area contributed by atoms with E-state index < -0.39 is 10.0 Å². The van der Waals surface area contributed by atoms with Crippen molar-refractivity contribution in [1.29, 1.82) is 0 Å². The quantitative estimate of drug-likeness (QED) is 0.631. The Balaban J connectivity index is 1.88. The Morgan fingerprint density at radius 3 is 2.21 bits per heavy atom. The predicted octanol–water partition coefficient (Wildman–Crippen LogP) is 3.43. The normalized spacial score (nSPS) is 11.3. The Morgan fingerprint density at radius 2 is 1.64 bits per heavy atom. The average Bonchev–Trinajstić information content (AvgIpc) is 2.61. The fraction of sp³-hybridized carbons (Fsp3) is 0.381. The van der Waals surface area contributed by atoms with Crippen LogP contribution in [0.3, 0.4) is 0 Å². The molecule has 5 nitrogen and oxygen atoms in total. The summed E-state index contributed by atoms with van der Waals surface area (Å²) in [4.78, 5) is 12.3. The van der Waals surface area contributed by atoms with E-state index >= 15 is 0 Å². The number of para-hydroxylation sites is 1. The lowest BCUT2D eigenvalue weighted by Crippen LogP contribution is -2.41. The summed E-state index contributed by atoms with van der Waals surface area (Å²) in [6, 6.07) is 14.0. The molecule has 0 bridgehead atoms. The Bertz CT molecular complexity index is 889. The number of nitrogens with zero attached hydrogens (tertiary/aromatic N) is 1. The van der Waals surface area contributed by atoms with Crippen molar-refractivity contribution in [3.63, 3.8) is 0 Å². The third-order valence-corrected chi connectivity index (χ3v) is 6.48. The lowest BCUT2D eigenvalue weighted by atomic mass is 10.1. The number of thioether (sulfide) groups is 1. The van der Waals surface area contributed by atoms with E-state index in [1.54, 1.807) is 11.8 Å². The molecule has 0 heterocycles. The second-order valence-electron chi connectivity index (χ2n) is 6.90. The summed E-state index contributed by atoms with van der Waals surface area (Å²) in [6.07, 6.45) is 1.13. The maximum atomic E-state index is 12.3. The highest BCUT2D eigenvalue weighted by Gasteiger charge is 2.23. The molecule has 0 spiro atoms. The van der Waals surface area contributed by atoms with Gasteiger partial charge in [0.25, 0.3) is 0 Å². The summed E-state index contributed by atoms with van der Waals surface area (Å²) < 4.78 is 25.7. The van der Waals surface area contributed by atoms with Gasteiger partial charge in [-0.25, -0.2) is 8.42 Å². The minimum absolute atomic E-state index is 0.215. The van der Waals surface area contributed by atoms with E-state index in [1.165, 1.54) is 15.4 Å². The van der Waals surface area contributed by atoms with E-state index in [-0.39, 0.29) is 12.5 Å². The molecule has 0 aliphatic carbocycles. The number of carbonyl (C=O) groups is 1. The first kappa shape index (κ1) is 22.3. The van der Waals surface area contributed by atoms with Crippen molar-refractivity contribution in [1.82, 2.24) is 5.32 Å². The minimum Gasteiger partial charge on any atom is -0.354 e. The maximum Gasteiger partial charge on any atom is 0.240 e. The molecule has 7 heteroatoms. The van der Waals surface area contributed by atoms with E-state index in [4.69, 9.17) is 0 Å². The van der Waals surface area contributed by atoms with Crippen LogP contribution in [0.5, 0.6) is 0 Å². The summed E-state index contributed by atoms with van der Waals surface area (Å²) in [5.74, 6) is 1.35. The SMILES string of the molecule is Cc1ccc(CSCCNC(=O)CN(c2c(C)cccc2C)S(C)(=O)=O)cc1. The van der Waals surface area contributed by atoms with Crippen molar-refractivity contribution in [3.05, 3.63) is 64.7 Å². The minimum atomic E-state index is -3.57. The van der Waals surface area contributed by atoms with Crippen LogP contribution in [0.25, 0.3) is 0 Å². The average molecular weight is 421 g/mol. The highest BCUT2D eigenvalue weighted by atomic mass is 32.2. The number of nitrogens with one attached hydrogen (secondary N) is 1. The molecule has 0 aliphatic heterocycles. The van der Waals surface area contributed by atoms with Gasteiger partial charge in [0.1, 0.15) is 6.54 Å². The first-order valence-electron chi connectivity index (χ1n) is 9.12. The van der Waals surface area contributed by atoms with E-state index in [0.29, 0.717) is 12.2 Å². The lowest BCUT2D eigenvalue weighted by Gasteiger charge is -2.25. The highest BCUT2D eigenvalue weighted by molar-refractivity contribution is 7.98. The zero-order valence-electron chi connectivity index (χ0n) is 16.9. The molecule has 1 amide bonds. The largest absolute Gasteiger partial charge is 0.354 e. The van der Waals surface area contributed by atoms with Gasteiger partial charge in [0.2, 0.25) is 15.9 Å². The molecule has 0 unspecified atom stereocenters. The van der Waals surface area contributed by atoms with Crippen molar-refractivity contribution >= 4 is 33.4 Å². The molecule has 1 N–H and O–H groups in total. The van der Waals surface area contributed by atoms with Gasteiger partial charge in [0.15, 0.2) is 0 Å². The molecule has 0 aromatic heterocycles. The number of benzene rings is 2. The highest BCUT2D eigenvalue weighted by Crippen LogP contribution is 2.26. The number of aryl methyl sites for hydroxylation is 3. The summed E-state index contributed by atoms with van der Waals surface area (Å²) >= 11 is 1.73. The molecule has 0 radical (unpaired) electrons. The third kappa shape index (κ3) is 6.56. The van der Waals surface area contributed by atoms with Crippen LogP contribution in [-0.2, 0) is 20.6 Å². The number of sulfonamides is 1. The van der Waals surface area contributed by atoms with E-state index in [0.717, 1.165) is 28.9 Å². The number of hydrogen-bond donors (Lipinski definition) is 1. The van der Waals surface area contributed by atoms with E-state index in [1.807, 2.05) is 32.0 Å².